The number of aromatic carboxylic acids is 3. The summed E-state index contributed by atoms with van der Waals surface area (Å²) < 4.78 is 27.3. The maximum atomic E-state index is 13.9. The van der Waals surface area contributed by atoms with E-state index in [9.17, 15) is 52.9 Å². The van der Waals surface area contributed by atoms with Crippen molar-refractivity contribution in [3.8, 4) is 0 Å². The smallest absolute Gasteiger partial charge is 0.335 e. The first kappa shape index (κ1) is 68.3. The van der Waals surface area contributed by atoms with Crippen molar-refractivity contribution in [1.29, 1.82) is 0 Å². The Morgan fingerprint density at radius 3 is 1.15 bits per heavy atom. The van der Waals surface area contributed by atoms with Crippen LogP contribution < -0.4 is 16.0 Å². The van der Waals surface area contributed by atoms with Gasteiger partial charge in [-0.25, -0.2) is 28.1 Å². The predicted octanol–water partition coefficient (Wildman–Crippen LogP) is 16.7. The van der Waals surface area contributed by atoms with E-state index in [-0.39, 0.29) is 29.0 Å². The molecule has 0 spiro atoms. The first-order valence-electron chi connectivity index (χ1n) is 30.9. The third-order valence-electron chi connectivity index (χ3n) is 15.7. The molecule has 0 fully saturated rings. The molecule has 1 aromatic heterocycles. The van der Waals surface area contributed by atoms with Crippen LogP contribution in [-0.2, 0) is 43.3 Å². The molecule has 0 bridgehead atoms. The van der Waals surface area contributed by atoms with Gasteiger partial charge in [0.05, 0.1) is 39.5 Å². The monoisotopic (exact) mass is 1230 g/mol. The number of hydrogen-bond donors (Lipinski definition) is 6. The van der Waals surface area contributed by atoms with E-state index in [4.69, 9.17) is 0 Å². The number of hydrogen-bond acceptors (Lipinski definition) is 8. The topological polar surface area (TPSA) is 225 Å². The molecule has 0 radical (unpaired) electrons. The zero-order chi connectivity index (χ0) is 64.9. The van der Waals surface area contributed by atoms with Crippen molar-refractivity contribution in [2.45, 2.75) is 117 Å². The number of aryl methyl sites for hydroxylation is 6. The second-order valence-corrected chi connectivity index (χ2v) is 22.1. The summed E-state index contributed by atoms with van der Waals surface area (Å²) in [4.78, 5) is 79.9. The van der Waals surface area contributed by atoms with Gasteiger partial charge in [0, 0.05) is 23.0 Å². The Kier molecular flexibility index (Phi) is 26.8. The van der Waals surface area contributed by atoms with Crippen LogP contribution in [0, 0.1) is 17.6 Å². The van der Waals surface area contributed by atoms with Crippen molar-refractivity contribution >= 4 is 63.7 Å². The largest absolute Gasteiger partial charge is 0.478 e. The molecule has 6 N–H and O–H groups in total. The molecule has 0 aliphatic heterocycles. The molecular weight excluding hydrogens is 1150 g/mol. The lowest BCUT2D eigenvalue weighted by molar-refractivity contribution is -0.119. The quantitative estimate of drug-likeness (QED) is 0.0253. The van der Waals surface area contributed by atoms with Crippen molar-refractivity contribution in [2.24, 2.45) is 5.92 Å². The molecule has 8 aromatic carbocycles. The summed E-state index contributed by atoms with van der Waals surface area (Å²) in [5, 5.41) is 36.5. The standard InChI is InChI=1S/C27H25N3O3.C25H23F2NO3.C23H29NO3/c31-26(25-18-28-23-16-8-9-17-24(23)29-25)30-22-15-7-5-13-20(22)12-3-1-2-10-19-11-4-6-14-21(19)27(32)33;26-21-15-8-14-20(23(21)27)24(29)28-22-16-7-5-12-18(22)11-3-1-2-9-17-10-4-6-13-19(17)25(30)31;1-3-17(2)22(25)24-21-16-10-8-14-19(21)13-6-4-5-11-18-12-7-9-15-20(18)23(26)27/h4-9,11,13-18H,1-3,10,12H2,(H,30,31)(H,32,33);4-8,10,12-16H,1-3,9,11H2,(H,28,29)(H,30,31);7-10,12,14-17H,3-6,11,13H2,1-2H3,(H,24,25)(H,26,27). The lowest BCUT2D eigenvalue weighted by Crippen LogP contribution is -2.20. The van der Waals surface area contributed by atoms with Crippen LogP contribution >= 0.6 is 0 Å². The minimum atomic E-state index is -1.17. The maximum absolute atomic E-state index is 13.9. The Bertz CT molecular complexity index is 3930. The van der Waals surface area contributed by atoms with Crippen LogP contribution in [0.15, 0.2) is 194 Å². The van der Waals surface area contributed by atoms with Gasteiger partial charge in [0.15, 0.2) is 11.6 Å². The average molecular weight is 1230 g/mol. The summed E-state index contributed by atoms with van der Waals surface area (Å²) >= 11 is 0. The zero-order valence-electron chi connectivity index (χ0n) is 51.3. The van der Waals surface area contributed by atoms with E-state index in [0.717, 1.165) is 146 Å². The van der Waals surface area contributed by atoms with Crippen molar-refractivity contribution in [2.75, 3.05) is 16.0 Å². The number of carbonyl (C=O) groups excluding carboxylic acids is 3. The van der Waals surface area contributed by atoms with Crippen molar-refractivity contribution in [3.05, 3.63) is 267 Å². The van der Waals surface area contributed by atoms with E-state index in [1.54, 1.807) is 48.5 Å². The Morgan fingerprint density at radius 2 is 0.736 bits per heavy atom. The van der Waals surface area contributed by atoms with Gasteiger partial charge in [-0.15, -0.1) is 0 Å². The lowest BCUT2D eigenvalue weighted by Gasteiger charge is -2.14. The molecule has 1 unspecified atom stereocenters. The number of fused-ring (bicyclic) bond motifs is 1. The van der Waals surface area contributed by atoms with Crippen molar-refractivity contribution < 1.29 is 52.9 Å². The van der Waals surface area contributed by atoms with E-state index in [1.807, 2.05) is 129 Å². The number of unbranched alkanes of at least 4 members (excludes halogenated alkanes) is 6. The summed E-state index contributed by atoms with van der Waals surface area (Å²) in [6.07, 6.45) is 15.3. The number of benzene rings is 8. The molecule has 9 aromatic rings. The minimum Gasteiger partial charge on any atom is -0.478 e. The predicted molar refractivity (Wildman–Crippen MR) is 353 cm³/mol. The van der Waals surface area contributed by atoms with Gasteiger partial charge in [0.2, 0.25) is 5.91 Å². The van der Waals surface area contributed by atoms with Gasteiger partial charge < -0.3 is 31.3 Å². The van der Waals surface area contributed by atoms with Crippen LogP contribution in [0.2, 0.25) is 0 Å². The molecule has 16 heteroatoms. The highest BCUT2D eigenvalue weighted by atomic mass is 19.2. The Labute approximate surface area is 529 Å². The van der Waals surface area contributed by atoms with Crippen LogP contribution in [0.25, 0.3) is 11.0 Å². The fourth-order valence-electron chi connectivity index (χ4n) is 10.4. The normalized spacial score (nSPS) is 11.0. The van der Waals surface area contributed by atoms with Gasteiger partial charge in [0.25, 0.3) is 11.8 Å². The summed E-state index contributed by atoms with van der Waals surface area (Å²) in [7, 11) is 0. The molecule has 91 heavy (non-hydrogen) atoms. The SMILES string of the molecule is CCC(C)C(=O)Nc1ccccc1CCCCCc1ccccc1C(=O)O.O=C(Nc1ccccc1CCCCCc1ccccc1C(=O)O)c1cnc2ccccc2n1.O=C(O)c1ccccc1CCCCCc1ccccc1NC(=O)c1cccc(F)c1F. The number of nitrogens with zero attached hydrogens (tertiary/aromatic N) is 2. The molecule has 1 atom stereocenters. The number of carbonyl (C=O) groups is 6. The Morgan fingerprint density at radius 1 is 0.396 bits per heavy atom. The molecule has 1 heterocycles. The van der Waals surface area contributed by atoms with E-state index >= 15 is 0 Å². The van der Waals surface area contributed by atoms with Gasteiger partial charge in [-0.1, -0.05) is 161 Å². The number of amides is 3. The summed E-state index contributed by atoms with van der Waals surface area (Å²) in [5.74, 6) is -5.81. The first-order chi connectivity index (χ1) is 44.1. The highest BCUT2D eigenvalue weighted by Gasteiger charge is 2.18. The number of halogens is 2. The van der Waals surface area contributed by atoms with E-state index < -0.39 is 35.4 Å². The molecular formula is C75H77F2N5O9. The van der Waals surface area contributed by atoms with Crippen LogP contribution in [0.3, 0.4) is 0 Å². The minimum absolute atomic E-state index is 0.00681. The van der Waals surface area contributed by atoms with Gasteiger partial charge in [0.1, 0.15) is 5.69 Å². The van der Waals surface area contributed by atoms with Gasteiger partial charge >= 0.3 is 17.9 Å². The summed E-state index contributed by atoms with van der Waals surface area (Å²) in [6, 6.07) is 55.3. The van der Waals surface area contributed by atoms with E-state index in [2.05, 4.69) is 32.0 Å². The highest BCUT2D eigenvalue weighted by molar-refractivity contribution is 6.05. The maximum Gasteiger partial charge on any atom is 0.335 e. The molecule has 3 amide bonds. The molecule has 0 saturated carbocycles. The van der Waals surface area contributed by atoms with Crippen LogP contribution in [0.5, 0.6) is 0 Å². The fraction of sp³-hybridized carbons (Fsp3) is 0.253. The number of anilines is 3. The van der Waals surface area contributed by atoms with Crippen molar-refractivity contribution in [1.82, 2.24) is 9.97 Å². The number of carboxylic acid groups (broad SMARTS) is 3. The third-order valence-corrected chi connectivity index (χ3v) is 15.7. The zero-order valence-corrected chi connectivity index (χ0v) is 51.3. The lowest BCUT2D eigenvalue weighted by atomic mass is 9.99. The number of nitrogens with one attached hydrogen (secondary N) is 3. The Hall–Kier alpha value is -10.2. The Balaban J connectivity index is 0.000000195. The van der Waals surface area contributed by atoms with E-state index in [0.29, 0.717) is 40.7 Å². The molecule has 0 aliphatic rings. The number of carboxylic acids is 3. The second-order valence-electron chi connectivity index (χ2n) is 22.1. The number of aromatic nitrogens is 2. The number of rotatable bonds is 28. The van der Waals surface area contributed by atoms with Gasteiger partial charge in [-0.2, -0.15) is 0 Å². The second kappa shape index (κ2) is 35.7. The third kappa shape index (κ3) is 21.0. The summed E-state index contributed by atoms with van der Waals surface area (Å²) in [5.41, 5.74) is 10.4. The molecule has 9 rings (SSSR count). The average Bonchev–Trinajstić information content (AvgIpc) is 1.83. The van der Waals surface area contributed by atoms with Gasteiger partial charge in [-0.3, -0.25) is 19.4 Å². The van der Waals surface area contributed by atoms with Crippen LogP contribution in [0.1, 0.15) is 163 Å². The fourth-order valence-corrected chi connectivity index (χ4v) is 10.4. The molecule has 14 nitrogen and oxygen atoms in total. The summed E-state index contributed by atoms with van der Waals surface area (Å²) in [6.45, 7) is 3.95. The molecule has 0 aliphatic carbocycles. The van der Waals surface area contributed by atoms with Crippen molar-refractivity contribution in [3.63, 3.8) is 0 Å². The first-order valence-corrected chi connectivity index (χ1v) is 30.9. The van der Waals surface area contributed by atoms with Crippen LogP contribution in [0.4, 0.5) is 25.8 Å². The van der Waals surface area contributed by atoms with Gasteiger partial charge in [-0.05, 0) is 178 Å². The number of para-hydroxylation sites is 5. The van der Waals surface area contributed by atoms with Crippen LogP contribution in [-0.4, -0.2) is 60.9 Å². The molecule has 470 valence electrons. The van der Waals surface area contributed by atoms with E-state index in [1.165, 1.54) is 18.3 Å². The molecule has 0 saturated heterocycles. The highest BCUT2D eigenvalue weighted by Crippen LogP contribution is 2.25.